The zero-order valence-corrected chi connectivity index (χ0v) is 29.7. The van der Waals surface area contributed by atoms with Gasteiger partial charge in [-0.3, -0.25) is 14.4 Å². The van der Waals surface area contributed by atoms with Gasteiger partial charge in [0.1, 0.15) is 24.4 Å². The molecule has 0 saturated carbocycles. The molecule has 2 saturated heterocycles. The lowest BCUT2D eigenvalue weighted by Gasteiger charge is -2.48. The first kappa shape index (κ1) is 39.0. The molecule has 2 fully saturated rings. The number of hydrogen-bond acceptors (Lipinski definition) is 13. The molecule has 0 spiro atoms. The first-order chi connectivity index (χ1) is 25.2. The van der Waals surface area contributed by atoms with Crippen molar-refractivity contribution in [3.05, 3.63) is 108 Å². The summed E-state index contributed by atoms with van der Waals surface area (Å²) >= 11 is 0. The van der Waals surface area contributed by atoms with Crippen LogP contribution in [-0.2, 0) is 81.6 Å². The molecule has 280 valence electrons. The van der Waals surface area contributed by atoms with Crippen molar-refractivity contribution < 1.29 is 61.8 Å². The van der Waals surface area contributed by atoms with Crippen molar-refractivity contribution in [1.82, 2.24) is 0 Å². The standard InChI is InChI=1S/C39H46O13/c1-25(40)48-32-24-47-39(37(50-27(3)42)34(32)49-26(2)41)52-33-31(23-44-20-28-14-8-5-9-15-28)51-38(43-4)36(46-22-30-18-12-7-13-19-30)35(33)45-21-29-16-10-6-11-17-29/h5-19,31-39H,20-24H2,1-4H3/t31-,32+,33-,34+,35+,36-,37-,38+,39-/m1/s1. The molecule has 9 atom stereocenters. The molecular formula is C39H46O13. The zero-order chi connectivity index (χ0) is 36.9. The Labute approximate surface area is 303 Å². The van der Waals surface area contributed by atoms with E-state index in [0.717, 1.165) is 16.7 Å². The summed E-state index contributed by atoms with van der Waals surface area (Å²) in [4.78, 5) is 36.7. The Balaban J connectivity index is 1.49. The summed E-state index contributed by atoms with van der Waals surface area (Å²) in [5.74, 6) is -2.03. The third-order valence-electron chi connectivity index (χ3n) is 8.38. The summed E-state index contributed by atoms with van der Waals surface area (Å²) in [5, 5.41) is 0. The van der Waals surface area contributed by atoms with Crippen molar-refractivity contribution in [3.8, 4) is 0 Å². The number of carbonyl (C=O) groups excluding carboxylic acids is 3. The van der Waals surface area contributed by atoms with Crippen LogP contribution in [0.5, 0.6) is 0 Å². The Morgan fingerprint density at radius 2 is 1.10 bits per heavy atom. The second-order valence-corrected chi connectivity index (χ2v) is 12.4. The summed E-state index contributed by atoms with van der Waals surface area (Å²) in [6.07, 6.45) is -9.43. The quantitative estimate of drug-likeness (QED) is 0.153. The van der Waals surface area contributed by atoms with Gasteiger partial charge in [0, 0.05) is 27.9 Å². The minimum absolute atomic E-state index is 0.0322. The van der Waals surface area contributed by atoms with Gasteiger partial charge in [-0.05, 0) is 16.7 Å². The number of esters is 3. The highest BCUT2D eigenvalue weighted by Gasteiger charge is 2.54. The van der Waals surface area contributed by atoms with Gasteiger partial charge in [-0.15, -0.1) is 0 Å². The van der Waals surface area contributed by atoms with Crippen molar-refractivity contribution in [1.29, 1.82) is 0 Å². The van der Waals surface area contributed by atoms with E-state index in [1.54, 1.807) is 0 Å². The Morgan fingerprint density at radius 1 is 0.596 bits per heavy atom. The molecule has 0 radical (unpaired) electrons. The molecule has 13 heteroatoms. The lowest BCUT2D eigenvalue weighted by Crippen LogP contribution is -2.65. The molecule has 0 N–H and O–H groups in total. The fourth-order valence-electron chi connectivity index (χ4n) is 6.11. The van der Waals surface area contributed by atoms with E-state index >= 15 is 0 Å². The molecule has 0 aromatic heterocycles. The second kappa shape index (κ2) is 19.6. The van der Waals surface area contributed by atoms with Gasteiger partial charge in [-0.1, -0.05) is 91.0 Å². The van der Waals surface area contributed by atoms with Crippen molar-refractivity contribution in [2.45, 2.75) is 95.9 Å². The molecule has 52 heavy (non-hydrogen) atoms. The van der Waals surface area contributed by atoms with Gasteiger partial charge in [0.25, 0.3) is 0 Å². The highest BCUT2D eigenvalue weighted by Crippen LogP contribution is 2.34. The van der Waals surface area contributed by atoms with Gasteiger partial charge in [0.05, 0.1) is 33.0 Å². The zero-order valence-electron chi connectivity index (χ0n) is 29.7. The Hall–Kier alpha value is -4.21. The van der Waals surface area contributed by atoms with Crippen molar-refractivity contribution >= 4 is 17.9 Å². The van der Waals surface area contributed by atoms with Crippen LogP contribution in [0.4, 0.5) is 0 Å². The van der Waals surface area contributed by atoms with Crippen LogP contribution >= 0.6 is 0 Å². The average Bonchev–Trinajstić information content (AvgIpc) is 3.13. The third kappa shape index (κ3) is 11.1. The number of benzene rings is 3. The fraction of sp³-hybridized carbons (Fsp3) is 0.462. The second-order valence-electron chi connectivity index (χ2n) is 12.4. The summed E-state index contributed by atoms with van der Waals surface area (Å²) in [6, 6.07) is 28.9. The van der Waals surface area contributed by atoms with Gasteiger partial charge in [0.2, 0.25) is 0 Å². The maximum absolute atomic E-state index is 12.4. The molecule has 3 aromatic rings. The van der Waals surface area contributed by atoms with Crippen LogP contribution in [0.1, 0.15) is 37.5 Å². The molecule has 0 bridgehead atoms. The summed E-state index contributed by atoms with van der Waals surface area (Å²) in [6.45, 7) is 4.07. The number of ether oxygens (including phenoxy) is 10. The largest absolute Gasteiger partial charge is 0.456 e. The van der Waals surface area contributed by atoms with Crippen LogP contribution in [-0.4, -0.2) is 93.5 Å². The van der Waals surface area contributed by atoms with Gasteiger partial charge >= 0.3 is 17.9 Å². The predicted molar refractivity (Wildman–Crippen MR) is 183 cm³/mol. The SMILES string of the molecule is CO[C@H]1O[C@H](COCc2ccccc2)[C@@H](O[C@H]2OC[C@H](OC(C)=O)[C@H](OC(C)=O)[C@H]2OC(C)=O)[C@H](OCc2ccccc2)[C@H]1OCc1ccccc1. The van der Waals surface area contributed by atoms with E-state index in [1.165, 1.54) is 27.9 Å². The van der Waals surface area contributed by atoms with E-state index in [-0.39, 0.29) is 33.0 Å². The summed E-state index contributed by atoms with van der Waals surface area (Å²) in [7, 11) is 1.51. The molecule has 13 nitrogen and oxygen atoms in total. The minimum atomic E-state index is -1.34. The van der Waals surface area contributed by atoms with Gasteiger partial charge < -0.3 is 47.4 Å². The number of rotatable bonds is 16. The highest BCUT2D eigenvalue weighted by molar-refractivity contribution is 5.68. The number of carbonyl (C=O) groups is 3. The maximum Gasteiger partial charge on any atom is 0.303 e. The van der Waals surface area contributed by atoms with Crippen LogP contribution < -0.4 is 0 Å². The van der Waals surface area contributed by atoms with E-state index in [1.807, 2.05) is 91.0 Å². The van der Waals surface area contributed by atoms with E-state index in [2.05, 4.69) is 0 Å². The summed E-state index contributed by atoms with van der Waals surface area (Å²) in [5.41, 5.74) is 2.76. The summed E-state index contributed by atoms with van der Waals surface area (Å²) < 4.78 is 61.1. The van der Waals surface area contributed by atoms with Crippen molar-refractivity contribution in [3.63, 3.8) is 0 Å². The van der Waals surface area contributed by atoms with Gasteiger partial charge in [-0.2, -0.15) is 0 Å². The van der Waals surface area contributed by atoms with E-state index < -0.39 is 73.2 Å². The molecule has 5 rings (SSSR count). The Kier molecular flexibility index (Phi) is 14.7. The third-order valence-corrected chi connectivity index (χ3v) is 8.38. The highest BCUT2D eigenvalue weighted by atomic mass is 16.8. The number of hydrogen-bond donors (Lipinski definition) is 0. The lowest BCUT2D eigenvalue weighted by atomic mass is 9.97. The topological polar surface area (TPSA) is 144 Å². The van der Waals surface area contributed by atoms with E-state index in [9.17, 15) is 14.4 Å². The molecule has 2 heterocycles. The number of methoxy groups -OCH3 is 1. The molecule has 2 aliphatic rings. The Bertz CT molecular complexity index is 1540. The molecule has 0 unspecified atom stereocenters. The first-order valence-corrected chi connectivity index (χ1v) is 17.1. The Morgan fingerprint density at radius 3 is 1.62 bits per heavy atom. The fourth-order valence-corrected chi connectivity index (χ4v) is 6.11. The average molecular weight is 723 g/mol. The van der Waals surface area contributed by atoms with Crippen LogP contribution in [0.3, 0.4) is 0 Å². The van der Waals surface area contributed by atoms with Gasteiger partial charge in [-0.25, -0.2) is 0 Å². The van der Waals surface area contributed by atoms with Crippen molar-refractivity contribution in [2.24, 2.45) is 0 Å². The maximum atomic E-state index is 12.4. The molecule has 0 amide bonds. The van der Waals surface area contributed by atoms with E-state index in [0.29, 0.717) is 0 Å². The first-order valence-electron chi connectivity index (χ1n) is 17.1. The van der Waals surface area contributed by atoms with Crippen LogP contribution in [0.15, 0.2) is 91.0 Å². The molecular weight excluding hydrogens is 676 g/mol. The minimum Gasteiger partial charge on any atom is -0.456 e. The van der Waals surface area contributed by atoms with E-state index in [4.69, 9.17) is 47.4 Å². The monoisotopic (exact) mass is 722 g/mol. The van der Waals surface area contributed by atoms with Crippen LogP contribution in [0, 0.1) is 0 Å². The molecule has 2 aliphatic heterocycles. The smallest absolute Gasteiger partial charge is 0.303 e. The lowest BCUT2D eigenvalue weighted by molar-refractivity contribution is -0.358. The molecule has 0 aliphatic carbocycles. The van der Waals surface area contributed by atoms with Crippen molar-refractivity contribution in [2.75, 3.05) is 20.3 Å². The van der Waals surface area contributed by atoms with Gasteiger partial charge in [0.15, 0.2) is 30.9 Å². The predicted octanol–water partition coefficient (Wildman–Crippen LogP) is 4.28. The normalized spacial score (nSPS) is 27.3. The molecule has 3 aromatic carbocycles. The van der Waals surface area contributed by atoms with Crippen LogP contribution in [0.25, 0.3) is 0 Å². The van der Waals surface area contributed by atoms with Crippen LogP contribution in [0.2, 0.25) is 0 Å².